The van der Waals surface area contributed by atoms with Crippen molar-refractivity contribution >= 4 is 29.2 Å². The van der Waals surface area contributed by atoms with Crippen LogP contribution >= 0.6 is 23.2 Å². The van der Waals surface area contributed by atoms with E-state index in [2.05, 4.69) is 15.3 Å². The molecule has 1 aliphatic heterocycles. The van der Waals surface area contributed by atoms with Crippen molar-refractivity contribution in [2.24, 2.45) is 0 Å². The topological polar surface area (TPSA) is 41.0 Å². The van der Waals surface area contributed by atoms with Gasteiger partial charge in [0.15, 0.2) is 0 Å². The third-order valence-electron chi connectivity index (χ3n) is 2.04. The number of hydrogen-bond donors (Lipinski definition) is 1. The van der Waals surface area contributed by atoms with E-state index in [1.807, 2.05) is 0 Å². The van der Waals surface area contributed by atoms with E-state index in [1.54, 1.807) is 23.4 Å². The summed E-state index contributed by atoms with van der Waals surface area (Å²) in [6.07, 6.45) is 3.35. The number of nitrogens with one attached hydrogen (secondary N) is 1. The minimum Gasteiger partial charge on any atom is -0.310 e. The molecule has 0 spiro atoms. The molecule has 0 atom stereocenters. The molecular weight excluding hydrogens is 223 g/mol. The molecular formula is C8H10Cl2N4. The molecule has 1 aromatic heterocycles. The van der Waals surface area contributed by atoms with Gasteiger partial charge in [-0.1, -0.05) is 23.2 Å². The van der Waals surface area contributed by atoms with E-state index in [0.29, 0.717) is 19.0 Å². The summed E-state index contributed by atoms with van der Waals surface area (Å²) in [5.74, 6) is 0.569. The van der Waals surface area contributed by atoms with Crippen molar-refractivity contribution in [1.29, 1.82) is 0 Å². The van der Waals surface area contributed by atoms with Crippen molar-refractivity contribution in [2.45, 2.75) is 4.46 Å². The average Bonchev–Trinajstić information content (AvgIpc) is 2.18. The first kappa shape index (κ1) is 9.96. The molecule has 1 fully saturated rings. The maximum Gasteiger partial charge on any atom is 0.227 e. The van der Waals surface area contributed by atoms with Crippen LogP contribution in [0.3, 0.4) is 0 Å². The van der Waals surface area contributed by atoms with E-state index in [4.69, 9.17) is 23.2 Å². The Morgan fingerprint density at radius 3 is 2.71 bits per heavy atom. The van der Waals surface area contributed by atoms with Crippen LogP contribution in [0, 0.1) is 0 Å². The Balaban J connectivity index is 2.24. The highest BCUT2D eigenvalue weighted by Crippen LogP contribution is 2.29. The molecule has 0 aliphatic carbocycles. The van der Waals surface area contributed by atoms with Gasteiger partial charge < -0.3 is 10.2 Å². The number of aromatic nitrogens is 2. The summed E-state index contributed by atoms with van der Waals surface area (Å²) in [6.45, 7) is 2.05. The lowest BCUT2D eigenvalue weighted by Gasteiger charge is -2.38. The summed E-state index contributed by atoms with van der Waals surface area (Å²) in [4.78, 5) is 10.0. The fourth-order valence-corrected chi connectivity index (χ4v) is 1.87. The van der Waals surface area contributed by atoms with Gasteiger partial charge in [0.25, 0.3) is 0 Å². The second-order valence-electron chi connectivity index (χ2n) is 3.04. The molecule has 0 radical (unpaired) electrons. The monoisotopic (exact) mass is 232 g/mol. The van der Waals surface area contributed by atoms with Crippen molar-refractivity contribution in [3.63, 3.8) is 0 Å². The third kappa shape index (κ3) is 1.92. The molecule has 0 aromatic carbocycles. The number of hydrogen-bond acceptors (Lipinski definition) is 4. The van der Waals surface area contributed by atoms with Crippen LogP contribution in [0.4, 0.5) is 5.95 Å². The van der Waals surface area contributed by atoms with Crippen LogP contribution in [0.25, 0.3) is 0 Å². The lowest BCUT2D eigenvalue weighted by molar-refractivity contribution is 0.517. The molecule has 14 heavy (non-hydrogen) atoms. The minimum absolute atomic E-state index is 0.508. The van der Waals surface area contributed by atoms with Crippen LogP contribution in [-0.4, -0.2) is 34.1 Å². The van der Waals surface area contributed by atoms with Crippen LogP contribution in [0.5, 0.6) is 0 Å². The fraction of sp³-hybridized carbons (Fsp3) is 0.500. The lowest BCUT2D eigenvalue weighted by atomic mass is 10.4. The highest BCUT2D eigenvalue weighted by Gasteiger charge is 2.36. The quantitative estimate of drug-likeness (QED) is 0.580. The SMILES string of the molecule is ClC1(Cl)CNCCN1c1ncccn1. The maximum absolute atomic E-state index is 6.12. The summed E-state index contributed by atoms with van der Waals surface area (Å²) < 4.78 is -0.959. The predicted octanol–water partition coefficient (Wildman–Crippen LogP) is 1.02. The third-order valence-corrected chi connectivity index (χ3v) is 2.71. The number of piperazine rings is 1. The number of alkyl halides is 2. The van der Waals surface area contributed by atoms with Gasteiger partial charge >= 0.3 is 0 Å². The van der Waals surface area contributed by atoms with Crippen LogP contribution in [0.2, 0.25) is 0 Å². The van der Waals surface area contributed by atoms with Gasteiger partial charge in [0.05, 0.1) is 0 Å². The highest BCUT2D eigenvalue weighted by atomic mass is 35.5. The number of anilines is 1. The Morgan fingerprint density at radius 1 is 1.36 bits per heavy atom. The standard InChI is InChI=1S/C8H10Cl2N4/c9-8(10)6-11-4-5-14(8)7-12-2-1-3-13-7/h1-3,11H,4-6H2. The van der Waals surface area contributed by atoms with Crippen molar-refractivity contribution in [1.82, 2.24) is 15.3 Å². The zero-order chi connectivity index (χ0) is 10.0. The first-order valence-electron chi connectivity index (χ1n) is 4.33. The largest absolute Gasteiger partial charge is 0.310 e. The molecule has 76 valence electrons. The number of nitrogens with zero attached hydrogens (tertiary/aromatic N) is 3. The Hall–Kier alpha value is -0.580. The molecule has 0 saturated carbocycles. The molecule has 0 bridgehead atoms. The molecule has 4 nitrogen and oxygen atoms in total. The predicted molar refractivity (Wildman–Crippen MR) is 56.7 cm³/mol. The first-order valence-corrected chi connectivity index (χ1v) is 5.09. The number of rotatable bonds is 1. The van der Waals surface area contributed by atoms with Crippen molar-refractivity contribution in [3.8, 4) is 0 Å². The van der Waals surface area contributed by atoms with E-state index in [0.717, 1.165) is 6.54 Å². The van der Waals surface area contributed by atoms with E-state index >= 15 is 0 Å². The minimum atomic E-state index is -0.959. The van der Waals surface area contributed by atoms with Gasteiger partial charge in [-0.25, -0.2) is 9.97 Å². The second-order valence-corrected chi connectivity index (χ2v) is 4.49. The molecule has 2 heterocycles. The second kappa shape index (κ2) is 3.88. The Bertz CT molecular complexity index is 303. The van der Waals surface area contributed by atoms with Gasteiger partial charge in [-0.2, -0.15) is 0 Å². The normalized spacial score (nSPS) is 20.9. The first-order chi connectivity index (χ1) is 6.70. The van der Waals surface area contributed by atoms with Gasteiger partial charge in [0, 0.05) is 32.0 Å². The highest BCUT2D eigenvalue weighted by molar-refractivity contribution is 6.49. The Labute approximate surface area is 92.2 Å². The van der Waals surface area contributed by atoms with E-state index < -0.39 is 4.46 Å². The zero-order valence-electron chi connectivity index (χ0n) is 7.45. The Kier molecular flexibility index (Phi) is 2.76. The van der Waals surface area contributed by atoms with Gasteiger partial charge in [0.2, 0.25) is 10.4 Å². The van der Waals surface area contributed by atoms with Crippen molar-refractivity contribution < 1.29 is 0 Å². The van der Waals surface area contributed by atoms with Crippen LogP contribution in [-0.2, 0) is 0 Å². The summed E-state index contributed by atoms with van der Waals surface area (Å²) in [5, 5.41) is 3.11. The molecule has 1 saturated heterocycles. The van der Waals surface area contributed by atoms with E-state index in [9.17, 15) is 0 Å². The van der Waals surface area contributed by atoms with E-state index in [1.165, 1.54) is 0 Å². The molecule has 1 aliphatic rings. The Morgan fingerprint density at radius 2 is 2.07 bits per heavy atom. The average molecular weight is 233 g/mol. The summed E-state index contributed by atoms with van der Waals surface area (Å²) in [5.41, 5.74) is 0. The molecule has 6 heteroatoms. The maximum atomic E-state index is 6.12. The summed E-state index contributed by atoms with van der Waals surface area (Å²) in [6, 6.07) is 1.76. The van der Waals surface area contributed by atoms with Gasteiger partial charge in [-0.05, 0) is 6.07 Å². The molecule has 1 N–H and O–H groups in total. The van der Waals surface area contributed by atoms with Crippen LogP contribution in [0.1, 0.15) is 0 Å². The summed E-state index contributed by atoms with van der Waals surface area (Å²) in [7, 11) is 0. The van der Waals surface area contributed by atoms with Gasteiger partial charge in [0.1, 0.15) is 0 Å². The lowest BCUT2D eigenvalue weighted by Crippen LogP contribution is -2.55. The molecule has 1 aromatic rings. The zero-order valence-corrected chi connectivity index (χ0v) is 8.96. The van der Waals surface area contributed by atoms with E-state index in [-0.39, 0.29) is 0 Å². The fourth-order valence-electron chi connectivity index (χ4n) is 1.37. The van der Waals surface area contributed by atoms with Crippen molar-refractivity contribution in [2.75, 3.05) is 24.5 Å². The summed E-state index contributed by atoms with van der Waals surface area (Å²) >= 11 is 12.2. The number of halogens is 2. The van der Waals surface area contributed by atoms with Crippen LogP contribution in [0.15, 0.2) is 18.5 Å². The molecule has 2 rings (SSSR count). The molecule has 0 unspecified atom stereocenters. The van der Waals surface area contributed by atoms with Gasteiger partial charge in [-0.3, -0.25) is 0 Å². The van der Waals surface area contributed by atoms with Gasteiger partial charge in [-0.15, -0.1) is 0 Å². The van der Waals surface area contributed by atoms with Crippen molar-refractivity contribution in [3.05, 3.63) is 18.5 Å². The van der Waals surface area contributed by atoms with Crippen LogP contribution < -0.4 is 10.2 Å². The smallest absolute Gasteiger partial charge is 0.227 e. The molecule has 0 amide bonds.